The monoisotopic (exact) mass is 778 g/mol. The molecule has 0 spiro atoms. The molecule has 0 saturated carbocycles. The Morgan fingerprint density at radius 1 is 0.655 bits per heavy atom. The third-order valence-corrected chi connectivity index (χ3v) is 6.94. The van der Waals surface area contributed by atoms with Crippen LogP contribution in [0.15, 0.2) is 97.1 Å². The Morgan fingerprint density at radius 2 is 1.09 bits per heavy atom. The first kappa shape index (κ1) is 47.7. The van der Waals surface area contributed by atoms with Gasteiger partial charge in [0, 0.05) is 25.3 Å². The summed E-state index contributed by atoms with van der Waals surface area (Å²) in [7, 11) is 2.53. The number of hydrogen-bond donors (Lipinski definition) is 2. The van der Waals surface area contributed by atoms with Gasteiger partial charge in [-0.3, -0.25) is 0 Å². The van der Waals surface area contributed by atoms with Crippen LogP contribution in [0.3, 0.4) is 0 Å². The van der Waals surface area contributed by atoms with Crippen molar-refractivity contribution in [1.29, 1.82) is 0 Å². The zero-order valence-corrected chi connectivity index (χ0v) is 30.1. The predicted molar refractivity (Wildman–Crippen MR) is 200 cm³/mol. The van der Waals surface area contributed by atoms with Crippen molar-refractivity contribution in [1.82, 2.24) is 0 Å². The summed E-state index contributed by atoms with van der Waals surface area (Å²) in [5.41, 5.74) is 2.37. The quantitative estimate of drug-likeness (QED) is 0.0955. The number of aliphatic hydroxyl groups excluding tert-OH is 1. The molecule has 5 rings (SSSR count). The number of rotatable bonds is 14. The Bertz CT molecular complexity index is 1610. The minimum absolute atomic E-state index is 0. The number of benzene rings is 4. The summed E-state index contributed by atoms with van der Waals surface area (Å²) in [5, 5.41) is 17.5. The molecule has 0 atom stereocenters. The van der Waals surface area contributed by atoms with Crippen LogP contribution in [-0.4, -0.2) is 88.5 Å². The van der Waals surface area contributed by atoms with Crippen LogP contribution in [0.25, 0.3) is 0 Å². The van der Waals surface area contributed by atoms with Gasteiger partial charge in [-0.15, -0.1) is 0 Å². The normalized spacial score (nSPS) is 11.3. The molecule has 302 valence electrons. The Labute approximate surface area is 319 Å². The molecule has 4 aromatic rings. The first-order valence-electron chi connectivity index (χ1n) is 16.8. The lowest BCUT2D eigenvalue weighted by Crippen LogP contribution is -2.21. The predicted octanol–water partition coefficient (Wildman–Crippen LogP) is 8.22. The van der Waals surface area contributed by atoms with Crippen molar-refractivity contribution in [3.8, 4) is 23.0 Å². The number of aromatic hydroxyl groups is 1. The number of phenolic OH excluding ortho intramolecular Hbond substituents is 1. The average Bonchev–Trinajstić information content (AvgIpc) is 3.82. The van der Waals surface area contributed by atoms with Crippen LogP contribution in [-0.2, 0) is 27.4 Å². The highest BCUT2D eigenvalue weighted by molar-refractivity contribution is 5.90. The van der Waals surface area contributed by atoms with Crippen LogP contribution in [0.2, 0.25) is 0 Å². The fraction of sp³-hybridized carbons (Fsp3) is 0.366. The fourth-order valence-electron chi connectivity index (χ4n) is 4.19. The van der Waals surface area contributed by atoms with Gasteiger partial charge in [-0.25, -0.2) is 27.2 Å². The van der Waals surface area contributed by atoms with Gasteiger partial charge in [0.15, 0.2) is 6.10 Å². The molecular formula is C41H50F4O10. The maximum Gasteiger partial charge on any atom is 0.338 e. The molecule has 55 heavy (non-hydrogen) atoms. The van der Waals surface area contributed by atoms with Gasteiger partial charge in [-0.2, -0.15) is 0 Å². The van der Waals surface area contributed by atoms with E-state index in [1.54, 1.807) is 0 Å². The minimum atomic E-state index is -1.40. The molecule has 0 aromatic heterocycles. The summed E-state index contributed by atoms with van der Waals surface area (Å²) in [5.74, 6) is -0.243. The SMILES string of the molecule is C.C1CCOC1.COC(=O)c1cc(O)cc(OCc2ccccc2)c1.COC(=O)c1cc(OCc2ccccc2)cc(OC(CF)CF)c1.OC(CF)CF. The summed E-state index contributed by atoms with van der Waals surface area (Å²) in [6, 6.07) is 27.7. The van der Waals surface area contributed by atoms with Crippen molar-refractivity contribution in [3.05, 3.63) is 119 Å². The second-order valence-electron chi connectivity index (χ2n) is 11.3. The van der Waals surface area contributed by atoms with Crippen LogP contribution in [0.5, 0.6) is 23.0 Å². The van der Waals surface area contributed by atoms with E-state index in [4.69, 9.17) is 24.1 Å². The fourth-order valence-corrected chi connectivity index (χ4v) is 4.19. The standard InChI is InChI=1S/C18H18F2O4.C15H14O4.C4H8O.C3H6F2O.CH4/c1-22-18(21)14-7-15(23-12-13-5-3-2-4-6-13)9-16(8-14)24-17(10-19)11-20;1-18-15(17)12-7-13(16)9-14(8-12)19-10-11-5-3-2-4-6-11;1-2-4-5-3-1;4-1-3(6)2-5;/h2-9,17H,10-12H2,1H3;2-9,16H,10H2,1H3;1-4H2;3,6H,1-2H2;1H4. The van der Waals surface area contributed by atoms with Crippen molar-refractivity contribution >= 4 is 11.9 Å². The molecule has 1 aliphatic rings. The van der Waals surface area contributed by atoms with Gasteiger partial charge >= 0.3 is 11.9 Å². The summed E-state index contributed by atoms with van der Waals surface area (Å²) in [6.45, 7) is -1.28. The van der Waals surface area contributed by atoms with E-state index in [1.807, 2.05) is 60.7 Å². The van der Waals surface area contributed by atoms with Crippen LogP contribution in [0.1, 0.15) is 52.1 Å². The van der Waals surface area contributed by atoms with E-state index in [9.17, 15) is 32.3 Å². The Balaban J connectivity index is 0.000000430. The molecule has 1 saturated heterocycles. The molecular weight excluding hydrogens is 728 g/mol. The van der Waals surface area contributed by atoms with Crippen molar-refractivity contribution in [3.63, 3.8) is 0 Å². The molecule has 4 aromatic carbocycles. The van der Waals surface area contributed by atoms with E-state index in [2.05, 4.69) is 9.47 Å². The molecule has 1 fully saturated rings. The summed E-state index contributed by atoms with van der Waals surface area (Å²) < 4.78 is 77.7. The van der Waals surface area contributed by atoms with Gasteiger partial charge in [0.1, 0.15) is 69.0 Å². The van der Waals surface area contributed by atoms with Gasteiger partial charge in [-0.05, 0) is 48.2 Å². The first-order valence-corrected chi connectivity index (χ1v) is 16.8. The lowest BCUT2D eigenvalue weighted by molar-refractivity contribution is 0.0590. The molecule has 0 unspecified atom stereocenters. The number of methoxy groups -OCH3 is 2. The molecule has 0 bridgehead atoms. The van der Waals surface area contributed by atoms with E-state index in [-0.39, 0.29) is 36.7 Å². The molecule has 0 amide bonds. The summed E-state index contributed by atoms with van der Waals surface area (Å²) >= 11 is 0. The third kappa shape index (κ3) is 19.5. The number of hydrogen-bond acceptors (Lipinski definition) is 10. The van der Waals surface area contributed by atoms with Crippen molar-refractivity contribution in [2.75, 3.05) is 54.1 Å². The highest BCUT2D eigenvalue weighted by Gasteiger charge is 2.15. The van der Waals surface area contributed by atoms with Gasteiger partial charge in [0.25, 0.3) is 0 Å². The smallest absolute Gasteiger partial charge is 0.338 e. The van der Waals surface area contributed by atoms with E-state index < -0.39 is 50.8 Å². The molecule has 0 aliphatic carbocycles. The summed E-state index contributed by atoms with van der Waals surface area (Å²) in [6.07, 6.45) is -0.0649. The highest BCUT2D eigenvalue weighted by Crippen LogP contribution is 2.26. The molecule has 2 N–H and O–H groups in total. The van der Waals surface area contributed by atoms with Gasteiger partial charge < -0.3 is 38.6 Å². The maximum absolute atomic E-state index is 12.7. The second kappa shape index (κ2) is 28.2. The van der Waals surface area contributed by atoms with Crippen molar-refractivity contribution in [2.45, 2.75) is 45.7 Å². The lowest BCUT2D eigenvalue weighted by atomic mass is 10.2. The number of alkyl halides is 4. The third-order valence-electron chi connectivity index (χ3n) is 6.94. The van der Waals surface area contributed by atoms with Crippen LogP contribution < -0.4 is 14.2 Å². The minimum Gasteiger partial charge on any atom is -0.508 e. The number of halogens is 4. The molecule has 1 heterocycles. The maximum atomic E-state index is 12.7. The van der Waals surface area contributed by atoms with E-state index in [0.29, 0.717) is 18.1 Å². The van der Waals surface area contributed by atoms with Crippen molar-refractivity contribution < 1.29 is 65.8 Å². The summed E-state index contributed by atoms with van der Waals surface area (Å²) in [4.78, 5) is 23.1. The Kier molecular flexibility index (Phi) is 24.4. The van der Waals surface area contributed by atoms with Crippen LogP contribution in [0.4, 0.5) is 17.6 Å². The zero-order chi connectivity index (χ0) is 39.6. The van der Waals surface area contributed by atoms with Crippen molar-refractivity contribution in [2.24, 2.45) is 0 Å². The van der Waals surface area contributed by atoms with E-state index in [1.165, 1.54) is 63.5 Å². The molecule has 0 radical (unpaired) electrons. The van der Waals surface area contributed by atoms with Gasteiger partial charge in [-0.1, -0.05) is 68.1 Å². The number of ether oxygens (including phenoxy) is 6. The van der Waals surface area contributed by atoms with E-state index in [0.717, 1.165) is 24.3 Å². The second-order valence-corrected chi connectivity index (χ2v) is 11.3. The molecule has 1 aliphatic heterocycles. The van der Waals surface area contributed by atoms with Crippen LogP contribution >= 0.6 is 0 Å². The number of carbonyl (C=O) groups is 2. The zero-order valence-electron chi connectivity index (χ0n) is 30.1. The van der Waals surface area contributed by atoms with E-state index >= 15 is 0 Å². The number of aliphatic hydroxyl groups is 1. The molecule has 10 nitrogen and oxygen atoms in total. The Morgan fingerprint density at radius 3 is 1.47 bits per heavy atom. The van der Waals surface area contributed by atoms with Crippen LogP contribution in [0, 0.1) is 0 Å². The largest absolute Gasteiger partial charge is 0.508 e. The highest BCUT2D eigenvalue weighted by atomic mass is 19.1. The van der Waals surface area contributed by atoms with Gasteiger partial charge in [0.05, 0.1) is 25.3 Å². The first-order chi connectivity index (χ1) is 26.1. The average molecular weight is 779 g/mol. The number of phenols is 1. The molecule has 14 heteroatoms. The number of esters is 2. The topological polar surface area (TPSA) is 130 Å². The van der Waals surface area contributed by atoms with Gasteiger partial charge in [0.2, 0.25) is 0 Å². The Hall–Kier alpha value is -5.34. The lowest BCUT2D eigenvalue weighted by Gasteiger charge is -2.15. The number of carbonyl (C=O) groups excluding carboxylic acids is 2.